The van der Waals surface area contributed by atoms with Crippen molar-refractivity contribution in [1.82, 2.24) is 0 Å². The zero-order chi connectivity index (χ0) is 14.9. The van der Waals surface area contributed by atoms with Crippen molar-refractivity contribution in [3.8, 4) is 0 Å². The molecule has 0 heterocycles. The van der Waals surface area contributed by atoms with E-state index in [4.69, 9.17) is 5.73 Å². The van der Waals surface area contributed by atoms with Gasteiger partial charge in [-0.1, -0.05) is 36.2 Å². The van der Waals surface area contributed by atoms with Crippen molar-refractivity contribution >= 4 is 21.6 Å². The van der Waals surface area contributed by atoms with Crippen molar-refractivity contribution < 1.29 is 0 Å². The highest BCUT2D eigenvalue weighted by Gasteiger charge is 2.39. The monoisotopic (exact) mass is 338 g/mol. The summed E-state index contributed by atoms with van der Waals surface area (Å²) in [4.78, 5) is 0. The van der Waals surface area contributed by atoms with E-state index < -0.39 is 0 Å². The van der Waals surface area contributed by atoms with Gasteiger partial charge in [-0.2, -0.15) is 0 Å². The number of anilines is 1. The van der Waals surface area contributed by atoms with Gasteiger partial charge in [-0.3, -0.25) is 0 Å². The molecule has 3 atom stereocenters. The van der Waals surface area contributed by atoms with Crippen molar-refractivity contribution in [1.29, 1.82) is 0 Å². The Morgan fingerprint density at radius 1 is 1.25 bits per heavy atom. The first-order valence-electron chi connectivity index (χ1n) is 7.63. The molecule has 1 aliphatic carbocycles. The second-order valence-corrected chi connectivity index (χ2v) is 7.49. The molecule has 0 radical (unpaired) electrons. The Labute approximate surface area is 131 Å². The fourth-order valence-corrected chi connectivity index (χ4v) is 3.78. The van der Waals surface area contributed by atoms with Gasteiger partial charge in [-0.15, -0.1) is 0 Å². The third kappa shape index (κ3) is 3.04. The van der Waals surface area contributed by atoms with Gasteiger partial charge in [-0.25, -0.2) is 0 Å². The molecule has 3 unspecified atom stereocenters. The smallest absolute Gasteiger partial charge is 0.0523 e. The highest BCUT2D eigenvalue weighted by molar-refractivity contribution is 9.10. The fraction of sp³-hybridized carbons (Fsp3) is 0.647. The molecule has 3 heteroatoms. The van der Waals surface area contributed by atoms with Crippen LogP contribution >= 0.6 is 15.9 Å². The van der Waals surface area contributed by atoms with E-state index in [9.17, 15) is 0 Å². The molecule has 3 N–H and O–H groups in total. The second kappa shape index (κ2) is 6.07. The lowest BCUT2D eigenvalue weighted by molar-refractivity contribution is 0.188. The molecule has 1 aromatic rings. The normalized spacial score (nSPS) is 30.3. The molecular weight excluding hydrogens is 312 g/mol. The molecule has 1 saturated carbocycles. The molecular formula is C17H27BrN2. The lowest BCUT2D eigenvalue weighted by Gasteiger charge is -2.46. The minimum atomic E-state index is 0.0460. The van der Waals surface area contributed by atoms with Crippen LogP contribution in [-0.4, -0.2) is 12.1 Å². The largest absolute Gasteiger partial charge is 0.378 e. The minimum Gasteiger partial charge on any atom is -0.378 e. The van der Waals surface area contributed by atoms with Crippen LogP contribution in [0.1, 0.15) is 44.2 Å². The topological polar surface area (TPSA) is 38.0 Å². The number of rotatable bonds is 3. The molecule has 0 aromatic heterocycles. The molecule has 112 valence electrons. The lowest BCUT2D eigenvalue weighted by atomic mass is 9.69. The van der Waals surface area contributed by atoms with Crippen LogP contribution in [0.3, 0.4) is 0 Å². The Morgan fingerprint density at radius 2 is 1.85 bits per heavy atom. The standard InChI is InChI=1S/C17H27BrN2/c1-11-5-6-14(4)17(9-11,10-19)20-15-7-12(2)16(18)13(3)8-15/h7-8,11,14,20H,5-6,9-10,19H2,1-4H3. The number of benzene rings is 1. The van der Waals surface area contributed by atoms with Crippen LogP contribution in [0.25, 0.3) is 0 Å². The Kier molecular flexibility index (Phi) is 4.80. The third-order valence-electron chi connectivity index (χ3n) is 4.94. The zero-order valence-corrected chi connectivity index (χ0v) is 14.7. The number of hydrogen-bond acceptors (Lipinski definition) is 2. The van der Waals surface area contributed by atoms with Gasteiger partial charge in [0.2, 0.25) is 0 Å². The van der Waals surface area contributed by atoms with Crippen LogP contribution < -0.4 is 11.1 Å². The summed E-state index contributed by atoms with van der Waals surface area (Å²) < 4.78 is 1.20. The number of nitrogens with one attached hydrogen (secondary N) is 1. The van der Waals surface area contributed by atoms with Gasteiger partial charge in [0, 0.05) is 16.7 Å². The summed E-state index contributed by atoms with van der Waals surface area (Å²) in [6.45, 7) is 9.67. The van der Waals surface area contributed by atoms with Crippen LogP contribution in [0, 0.1) is 25.7 Å². The fourth-order valence-electron chi connectivity index (χ4n) is 3.55. The molecule has 0 spiro atoms. The summed E-state index contributed by atoms with van der Waals surface area (Å²) in [6, 6.07) is 4.45. The summed E-state index contributed by atoms with van der Waals surface area (Å²) in [7, 11) is 0. The van der Waals surface area contributed by atoms with E-state index in [1.54, 1.807) is 0 Å². The number of hydrogen-bond donors (Lipinski definition) is 2. The predicted octanol–water partition coefficient (Wildman–Crippen LogP) is 4.63. The van der Waals surface area contributed by atoms with E-state index in [1.807, 2.05) is 0 Å². The van der Waals surface area contributed by atoms with Crippen molar-refractivity contribution in [3.05, 3.63) is 27.7 Å². The Bertz CT molecular complexity index is 463. The first-order chi connectivity index (χ1) is 9.38. The zero-order valence-electron chi connectivity index (χ0n) is 13.1. The molecule has 2 rings (SSSR count). The quantitative estimate of drug-likeness (QED) is 0.842. The van der Waals surface area contributed by atoms with Gasteiger partial charge in [-0.05, 0) is 61.8 Å². The second-order valence-electron chi connectivity index (χ2n) is 6.70. The minimum absolute atomic E-state index is 0.0460. The lowest BCUT2D eigenvalue weighted by Crippen LogP contribution is -2.54. The van der Waals surface area contributed by atoms with E-state index in [0.717, 1.165) is 5.92 Å². The van der Waals surface area contributed by atoms with Gasteiger partial charge in [0.05, 0.1) is 5.54 Å². The maximum atomic E-state index is 6.17. The summed E-state index contributed by atoms with van der Waals surface area (Å²) in [6.07, 6.45) is 3.75. The van der Waals surface area contributed by atoms with Gasteiger partial charge in [0.15, 0.2) is 0 Å². The number of nitrogens with two attached hydrogens (primary N) is 1. The Hall–Kier alpha value is -0.540. The summed E-state index contributed by atoms with van der Waals surface area (Å²) >= 11 is 3.64. The van der Waals surface area contributed by atoms with Crippen LogP contribution in [0.15, 0.2) is 16.6 Å². The average Bonchev–Trinajstić information content (AvgIpc) is 2.40. The number of aryl methyl sites for hydroxylation is 2. The molecule has 0 amide bonds. The third-order valence-corrected chi connectivity index (χ3v) is 6.19. The van der Waals surface area contributed by atoms with Crippen LogP contribution in [0.2, 0.25) is 0 Å². The molecule has 0 saturated heterocycles. The molecule has 0 bridgehead atoms. The highest BCUT2D eigenvalue weighted by Crippen LogP contribution is 2.39. The highest BCUT2D eigenvalue weighted by atomic mass is 79.9. The van der Waals surface area contributed by atoms with Gasteiger partial charge in [0.25, 0.3) is 0 Å². The maximum Gasteiger partial charge on any atom is 0.0523 e. The first-order valence-corrected chi connectivity index (χ1v) is 8.42. The summed E-state index contributed by atoms with van der Waals surface area (Å²) in [5.41, 5.74) is 9.97. The average molecular weight is 339 g/mol. The molecule has 20 heavy (non-hydrogen) atoms. The molecule has 0 aliphatic heterocycles. The predicted molar refractivity (Wildman–Crippen MR) is 91.2 cm³/mol. The van der Waals surface area contributed by atoms with E-state index >= 15 is 0 Å². The number of halogens is 1. The Morgan fingerprint density at radius 3 is 2.40 bits per heavy atom. The van der Waals surface area contributed by atoms with Crippen molar-refractivity contribution in [2.45, 2.75) is 52.5 Å². The molecule has 1 aromatic carbocycles. The van der Waals surface area contributed by atoms with Gasteiger partial charge >= 0.3 is 0 Å². The van der Waals surface area contributed by atoms with Crippen LogP contribution in [0.5, 0.6) is 0 Å². The van der Waals surface area contributed by atoms with Gasteiger partial charge < -0.3 is 11.1 Å². The van der Waals surface area contributed by atoms with Crippen molar-refractivity contribution in [3.63, 3.8) is 0 Å². The molecule has 2 nitrogen and oxygen atoms in total. The summed E-state index contributed by atoms with van der Waals surface area (Å²) in [5, 5.41) is 3.79. The van der Waals surface area contributed by atoms with E-state index in [-0.39, 0.29) is 5.54 Å². The van der Waals surface area contributed by atoms with Gasteiger partial charge in [0.1, 0.15) is 0 Å². The van der Waals surface area contributed by atoms with Crippen molar-refractivity contribution in [2.75, 3.05) is 11.9 Å². The molecule has 1 aliphatic rings. The Balaban J connectivity index is 2.30. The SMILES string of the molecule is Cc1cc(NC2(CN)CC(C)CCC2C)cc(C)c1Br. The van der Waals surface area contributed by atoms with Crippen molar-refractivity contribution in [2.24, 2.45) is 17.6 Å². The van der Waals surface area contributed by atoms with E-state index in [0.29, 0.717) is 12.5 Å². The maximum absolute atomic E-state index is 6.17. The van der Waals surface area contributed by atoms with E-state index in [2.05, 4.69) is 61.1 Å². The van der Waals surface area contributed by atoms with E-state index in [1.165, 1.54) is 40.5 Å². The van der Waals surface area contributed by atoms with Crippen LogP contribution in [-0.2, 0) is 0 Å². The first kappa shape index (κ1) is 15.8. The van der Waals surface area contributed by atoms with Crippen LogP contribution in [0.4, 0.5) is 5.69 Å². The summed E-state index contributed by atoms with van der Waals surface area (Å²) in [5.74, 6) is 1.37. The molecule has 1 fully saturated rings.